The number of pyridine rings is 1. The van der Waals surface area contributed by atoms with Crippen molar-refractivity contribution in [2.45, 2.75) is 25.8 Å². The third-order valence-electron chi connectivity index (χ3n) is 5.54. The van der Waals surface area contributed by atoms with Crippen molar-refractivity contribution >= 4 is 5.91 Å². The molecular weight excluding hydrogens is 374 g/mol. The smallest absolute Gasteiger partial charge is 0.250 e. The van der Waals surface area contributed by atoms with Gasteiger partial charge in [0, 0.05) is 25.4 Å². The van der Waals surface area contributed by atoms with E-state index < -0.39 is 5.91 Å². The molecule has 2 heterocycles. The molecule has 1 amide bonds. The Morgan fingerprint density at radius 3 is 2.53 bits per heavy atom. The van der Waals surface area contributed by atoms with E-state index in [4.69, 9.17) is 10.5 Å². The number of hydrogen-bond donors (Lipinski definition) is 1. The van der Waals surface area contributed by atoms with Gasteiger partial charge in [-0.1, -0.05) is 42.5 Å². The molecule has 5 nitrogen and oxygen atoms in total. The highest BCUT2D eigenvalue weighted by molar-refractivity contribution is 5.92. The van der Waals surface area contributed by atoms with Gasteiger partial charge in [0.05, 0.1) is 5.56 Å². The Labute approximate surface area is 177 Å². The molecule has 1 unspecified atom stereocenters. The zero-order chi connectivity index (χ0) is 20.8. The maximum atomic E-state index is 11.1. The summed E-state index contributed by atoms with van der Waals surface area (Å²) in [5.74, 6) is 1.38. The second-order valence-corrected chi connectivity index (χ2v) is 7.93. The number of aromatic nitrogens is 1. The van der Waals surface area contributed by atoms with Crippen LogP contribution in [0.2, 0.25) is 0 Å². The van der Waals surface area contributed by atoms with Crippen molar-refractivity contribution in [1.82, 2.24) is 9.88 Å². The molecule has 154 valence electrons. The number of ether oxygens (including phenoxy) is 1. The summed E-state index contributed by atoms with van der Waals surface area (Å²) >= 11 is 0. The van der Waals surface area contributed by atoms with Gasteiger partial charge >= 0.3 is 0 Å². The average Bonchev–Trinajstić information content (AvgIpc) is 2.76. The van der Waals surface area contributed by atoms with Crippen LogP contribution in [0.15, 0.2) is 72.9 Å². The summed E-state index contributed by atoms with van der Waals surface area (Å²) < 4.78 is 5.76. The molecule has 30 heavy (non-hydrogen) atoms. The van der Waals surface area contributed by atoms with Crippen LogP contribution in [-0.2, 0) is 13.0 Å². The van der Waals surface area contributed by atoms with Crippen LogP contribution in [0.3, 0.4) is 0 Å². The zero-order valence-electron chi connectivity index (χ0n) is 17.0. The summed E-state index contributed by atoms with van der Waals surface area (Å²) in [4.78, 5) is 17.8. The van der Waals surface area contributed by atoms with E-state index in [0.717, 1.165) is 37.7 Å². The average molecular weight is 402 g/mol. The topological polar surface area (TPSA) is 68.5 Å². The molecule has 0 radical (unpaired) electrons. The Hall–Kier alpha value is -3.18. The van der Waals surface area contributed by atoms with Crippen LogP contribution in [0.4, 0.5) is 0 Å². The summed E-state index contributed by atoms with van der Waals surface area (Å²) in [6.07, 6.45) is 5.14. The number of carbonyl (C=O) groups excluding carboxylic acids is 1. The van der Waals surface area contributed by atoms with Crippen LogP contribution >= 0.6 is 0 Å². The number of nitrogens with two attached hydrogens (primary N) is 1. The number of primary amides is 1. The molecule has 2 aromatic carbocycles. The number of carbonyl (C=O) groups is 1. The number of piperidine rings is 1. The zero-order valence-corrected chi connectivity index (χ0v) is 17.0. The van der Waals surface area contributed by atoms with Gasteiger partial charge in [0.2, 0.25) is 11.8 Å². The van der Waals surface area contributed by atoms with E-state index >= 15 is 0 Å². The molecule has 5 heteroatoms. The quantitative estimate of drug-likeness (QED) is 0.636. The van der Waals surface area contributed by atoms with Crippen molar-refractivity contribution < 1.29 is 9.53 Å². The largest absolute Gasteiger partial charge is 0.439 e. The second kappa shape index (κ2) is 9.55. The Bertz CT molecular complexity index is 956. The summed E-state index contributed by atoms with van der Waals surface area (Å²) in [6, 6.07) is 22.2. The van der Waals surface area contributed by atoms with Gasteiger partial charge in [-0.2, -0.15) is 0 Å². The van der Waals surface area contributed by atoms with Crippen LogP contribution in [0.5, 0.6) is 11.6 Å². The number of benzene rings is 2. The number of amides is 1. The van der Waals surface area contributed by atoms with Gasteiger partial charge in [0.1, 0.15) is 5.75 Å². The Morgan fingerprint density at radius 2 is 1.83 bits per heavy atom. The molecule has 0 spiro atoms. The van der Waals surface area contributed by atoms with Crippen molar-refractivity contribution in [3.8, 4) is 11.6 Å². The van der Waals surface area contributed by atoms with Crippen molar-refractivity contribution in [1.29, 1.82) is 0 Å². The van der Waals surface area contributed by atoms with Crippen molar-refractivity contribution in [3.05, 3.63) is 89.6 Å². The molecule has 1 aliphatic rings. The van der Waals surface area contributed by atoms with E-state index in [1.165, 1.54) is 30.2 Å². The highest BCUT2D eigenvalue weighted by Crippen LogP contribution is 2.24. The molecule has 1 saturated heterocycles. The maximum Gasteiger partial charge on any atom is 0.250 e. The van der Waals surface area contributed by atoms with Gasteiger partial charge in [-0.25, -0.2) is 4.98 Å². The van der Waals surface area contributed by atoms with Crippen LogP contribution in [0.1, 0.15) is 34.3 Å². The monoisotopic (exact) mass is 401 g/mol. The lowest BCUT2D eigenvalue weighted by Crippen LogP contribution is -2.35. The predicted molar refractivity (Wildman–Crippen MR) is 117 cm³/mol. The fourth-order valence-corrected chi connectivity index (χ4v) is 4.04. The summed E-state index contributed by atoms with van der Waals surface area (Å²) in [6.45, 7) is 3.25. The lowest BCUT2D eigenvalue weighted by Gasteiger charge is -2.33. The van der Waals surface area contributed by atoms with Gasteiger partial charge in [-0.3, -0.25) is 9.69 Å². The molecule has 3 aromatic rings. The number of likely N-dealkylation sites (tertiary alicyclic amines) is 1. The number of nitrogens with zero attached hydrogens (tertiary/aromatic N) is 2. The maximum absolute atomic E-state index is 11.1. The van der Waals surface area contributed by atoms with Crippen LogP contribution < -0.4 is 10.5 Å². The molecule has 0 bridgehead atoms. The molecule has 2 N–H and O–H groups in total. The van der Waals surface area contributed by atoms with Gasteiger partial charge in [0.25, 0.3) is 0 Å². The third-order valence-corrected chi connectivity index (χ3v) is 5.54. The summed E-state index contributed by atoms with van der Waals surface area (Å²) in [7, 11) is 0. The first-order valence-electron chi connectivity index (χ1n) is 10.4. The number of rotatable bonds is 7. The molecule has 1 atom stereocenters. The third kappa shape index (κ3) is 5.45. The van der Waals surface area contributed by atoms with Gasteiger partial charge in [0.15, 0.2) is 0 Å². The number of hydrogen-bond acceptors (Lipinski definition) is 4. The van der Waals surface area contributed by atoms with Crippen LogP contribution in [0.25, 0.3) is 0 Å². The lowest BCUT2D eigenvalue weighted by molar-refractivity contribution is 0.1000. The van der Waals surface area contributed by atoms with E-state index in [1.807, 2.05) is 12.1 Å². The van der Waals surface area contributed by atoms with E-state index in [0.29, 0.717) is 11.4 Å². The lowest BCUT2D eigenvalue weighted by atomic mass is 9.91. The Morgan fingerprint density at radius 1 is 1.03 bits per heavy atom. The van der Waals surface area contributed by atoms with Gasteiger partial charge in [-0.15, -0.1) is 0 Å². The van der Waals surface area contributed by atoms with E-state index in [1.54, 1.807) is 12.1 Å². The van der Waals surface area contributed by atoms with Crippen molar-refractivity contribution in [3.63, 3.8) is 0 Å². The summed E-state index contributed by atoms with van der Waals surface area (Å²) in [5.41, 5.74) is 8.31. The van der Waals surface area contributed by atoms with Gasteiger partial charge < -0.3 is 10.5 Å². The highest BCUT2D eigenvalue weighted by atomic mass is 16.5. The molecule has 1 aromatic heterocycles. The Kier molecular flexibility index (Phi) is 6.40. The molecule has 4 rings (SSSR count). The summed E-state index contributed by atoms with van der Waals surface area (Å²) in [5, 5.41) is 0. The van der Waals surface area contributed by atoms with Gasteiger partial charge in [-0.05, 0) is 61.1 Å². The highest BCUT2D eigenvalue weighted by Gasteiger charge is 2.20. The predicted octanol–water partition coefficient (Wildman–Crippen LogP) is 4.43. The minimum atomic E-state index is -0.498. The first kappa shape index (κ1) is 20.1. The second-order valence-electron chi connectivity index (χ2n) is 7.93. The molecule has 1 aliphatic heterocycles. The SMILES string of the molecule is NC(=O)c1ccc(Oc2ccc(CN3CCCC(Cc4ccccc4)C3)cc2)nc1. The van der Waals surface area contributed by atoms with Crippen molar-refractivity contribution in [2.24, 2.45) is 11.7 Å². The first-order chi connectivity index (χ1) is 14.7. The molecular formula is C25H27N3O2. The normalized spacial score (nSPS) is 16.9. The van der Waals surface area contributed by atoms with Crippen molar-refractivity contribution in [2.75, 3.05) is 13.1 Å². The molecule has 0 saturated carbocycles. The minimum Gasteiger partial charge on any atom is -0.439 e. The van der Waals surface area contributed by atoms with Crippen LogP contribution in [-0.4, -0.2) is 28.9 Å². The Balaban J connectivity index is 1.31. The fourth-order valence-electron chi connectivity index (χ4n) is 4.04. The van der Waals surface area contributed by atoms with Crippen LogP contribution in [0, 0.1) is 5.92 Å². The standard InChI is InChI=1S/C25H27N3O2/c26-25(29)22-10-13-24(27-16-22)30-23-11-8-20(9-12-23)17-28-14-4-7-21(18-28)15-19-5-2-1-3-6-19/h1-3,5-6,8-13,16,21H,4,7,14-15,17-18H2,(H2,26,29). The van der Waals surface area contributed by atoms with E-state index in [2.05, 4.69) is 52.3 Å². The minimum absolute atomic E-state index is 0.366. The first-order valence-corrected chi connectivity index (χ1v) is 10.4. The van der Waals surface area contributed by atoms with E-state index in [9.17, 15) is 4.79 Å². The fraction of sp³-hybridized carbons (Fsp3) is 0.280. The molecule has 1 fully saturated rings. The van der Waals surface area contributed by atoms with E-state index in [-0.39, 0.29) is 0 Å². The molecule has 0 aliphatic carbocycles.